The Morgan fingerprint density at radius 2 is 1.74 bits per heavy atom. The molecule has 43 heavy (non-hydrogen) atoms. The molecule has 3 heterocycles. The number of nitrogens with zero attached hydrogens (tertiary/aromatic N) is 4. The summed E-state index contributed by atoms with van der Waals surface area (Å²) in [6.45, 7) is 1.95. The molecule has 1 aromatic heterocycles. The zero-order valence-corrected chi connectivity index (χ0v) is 24.6. The molecular weight excluding hydrogens is 596 g/mol. The van der Waals surface area contributed by atoms with Crippen molar-refractivity contribution in [2.45, 2.75) is 88.0 Å². The van der Waals surface area contributed by atoms with Crippen LogP contribution in [-0.2, 0) is 22.5 Å². The third kappa shape index (κ3) is 5.42. The molecule has 0 bridgehead atoms. The lowest BCUT2D eigenvalue weighted by atomic mass is 9.69. The SMILES string of the molecule is O=C(O)C1CCC(c2nn(C(=O)C3C(Cl)CCCC3C3(C(F)(F)F)CC3)c3c2CCN(C(=O)N2CCOCC2)C3)C(F)C1. The summed E-state index contributed by atoms with van der Waals surface area (Å²) in [7, 11) is 0. The van der Waals surface area contributed by atoms with Crippen molar-refractivity contribution in [3.8, 4) is 0 Å². The number of hydrogen-bond donors (Lipinski definition) is 1. The van der Waals surface area contributed by atoms with Crippen LogP contribution in [0.3, 0.4) is 0 Å². The zero-order valence-electron chi connectivity index (χ0n) is 23.8. The largest absolute Gasteiger partial charge is 0.481 e. The van der Waals surface area contributed by atoms with Gasteiger partial charge in [0.2, 0.25) is 0 Å². The average molecular weight is 633 g/mol. The van der Waals surface area contributed by atoms with E-state index in [9.17, 15) is 32.7 Å². The fourth-order valence-electron chi connectivity index (χ4n) is 7.92. The molecule has 1 N–H and O–H groups in total. The molecule has 3 saturated carbocycles. The van der Waals surface area contributed by atoms with Gasteiger partial charge < -0.3 is 19.6 Å². The minimum Gasteiger partial charge on any atom is -0.481 e. The van der Waals surface area contributed by atoms with Gasteiger partial charge in [0.05, 0.1) is 48.4 Å². The van der Waals surface area contributed by atoms with E-state index >= 15 is 4.39 Å². The van der Waals surface area contributed by atoms with Gasteiger partial charge in [-0.25, -0.2) is 13.9 Å². The average Bonchev–Trinajstić information content (AvgIpc) is 3.73. The number of carboxylic acid groups (broad SMARTS) is 1. The lowest BCUT2D eigenvalue weighted by Gasteiger charge is -2.40. The second-order valence-corrected chi connectivity index (χ2v) is 13.4. The molecule has 6 rings (SSSR count). The minimum absolute atomic E-state index is 0.000436. The van der Waals surface area contributed by atoms with Crippen molar-refractivity contribution in [1.29, 1.82) is 0 Å². The summed E-state index contributed by atoms with van der Waals surface area (Å²) in [5, 5.41) is 13.2. The summed E-state index contributed by atoms with van der Waals surface area (Å²) < 4.78 is 64.9. The van der Waals surface area contributed by atoms with Gasteiger partial charge in [-0.2, -0.15) is 18.3 Å². The van der Waals surface area contributed by atoms with Gasteiger partial charge >= 0.3 is 18.2 Å². The molecule has 5 aliphatic rings. The van der Waals surface area contributed by atoms with Gasteiger partial charge in [0.25, 0.3) is 5.91 Å². The molecule has 2 amide bonds. The molecule has 14 heteroatoms. The number of carbonyl (C=O) groups is 3. The quantitative estimate of drug-likeness (QED) is 0.370. The number of aliphatic carboxylic acids is 1. The van der Waals surface area contributed by atoms with Crippen LogP contribution in [0, 0.1) is 23.2 Å². The maximum atomic E-state index is 15.5. The van der Waals surface area contributed by atoms with Crippen LogP contribution in [-0.4, -0.2) is 93.2 Å². The van der Waals surface area contributed by atoms with Crippen molar-refractivity contribution in [3.63, 3.8) is 0 Å². The Labute approximate surface area is 251 Å². The Morgan fingerprint density at radius 3 is 2.37 bits per heavy atom. The van der Waals surface area contributed by atoms with E-state index < -0.39 is 58.7 Å². The lowest BCUT2D eigenvalue weighted by molar-refractivity contribution is -0.209. The number of urea groups is 1. The summed E-state index contributed by atoms with van der Waals surface area (Å²) in [5.74, 6) is -5.39. The molecule has 238 valence electrons. The normalized spacial score (nSPS) is 32.7. The topological polar surface area (TPSA) is 105 Å². The van der Waals surface area contributed by atoms with E-state index in [0.29, 0.717) is 69.1 Å². The van der Waals surface area contributed by atoms with Gasteiger partial charge in [0, 0.05) is 36.5 Å². The van der Waals surface area contributed by atoms with Crippen LogP contribution < -0.4 is 0 Å². The van der Waals surface area contributed by atoms with Crippen molar-refractivity contribution in [1.82, 2.24) is 19.6 Å². The Bertz CT molecular complexity index is 1260. The molecule has 3 aliphatic carbocycles. The van der Waals surface area contributed by atoms with E-state index in [1.165, 1.54) is 0 Å². The van der Waals surface area contributed by atoms with Gasteiger partial charge in [-0.3, -0.25) is 9.59 Å². The highest BCUT2D eigenvalue weighted by atomic mass is 35.5. The van der Waals surface area contributed by atoms with Gasteiger partial charge in [-0.05, 0) is 57.3 Å². The van der Waals surface area contributed by atoms with Crippen LogP contribution >= 0.6 is 11.6 Å². The van der Waals surface area contributed by atoms with Crippen molar-refractivity contribution >= 4 is 29.5 Å². The maximum absolute atomic E-state index is 15.5. The van der Waals surface area contributed by atoms with E-state index in [0.717, 1.165) is 4.68 Å². The number of morpholine rings is 1. The molecular formula is C29H37ClF4N4O5. The third-order valence-corrected chi connectivity index (χ3v) is 11.0. The van der Waals surface area contributed by atoms with Crippen molar-refractivity contribution in [2.75, 3.05) is 32.8 Å². The van der Waals surface area contributed by atoms with Crippen LogP contribution in [0.25, 0.3) is 0 Å². The third-order valence-electron chi connectivity index (χ3n) is 10.5. The van der Waals surface area contributed by atoms with Crippen molar-refractivity contribution < 1.29 is 41.8 Å². The second kappa shape index (κ2) is 11.5. The molecule has 0 spiro atoms. The van der Waals surface area contributed by atoms with Crippen LogP contribution in [0.5, 0.6) is 0 Å². The number of amides is 2. The number of rotatable bonds is 4. The fraction of sp³-hybridized carbons (Fsp3) is 0.793. The first-order valence-electron chi connectivity index (χ1n) is 15.3. The highest BCUT2D eigenvalue weighted by Crippen LogP contribution is 2.66. The van der Waals surface area contributed by atoms with Crippen LogP contribution in [0.2, 0.25) is 0 Å². The van der Waals surface area contributed by atoms with Crippen LogP contribution in [0.15, 0.2) is 0 Å². The minimum atomic E-state index is -4.47. The Balaban J connectivity index is 1.36. The fourth-order valence-corrected chi connectivity index (χ4v) is 8.36. The second-order valence-electron chi connectivity index (χ2n) is 12.8. The van der Waals surface area contributed by atoms with Gasteiger partial charge in [0.1, 0.15) is 6.17 Å². The van der Waals surface area contributed by atoms with E-state index in [4.69, 9.17) is 16.3 Å². The molecule has 4 fully saturated rings. The van der Waals surface area contributed by atoms with E-state index in [-0.39, 0.29) is 51.1 Å². The van der Waals surface area contributed by atoms with Crippen molar-refractivity contribution in [2.24, 2.45) is 23.2 Å². The molecule has 1 aromatic rings. The van der Waals surface area contributed by atoms with Crippen LogP contribution in [0.1, 0.15) is 79.0 Å². The smallest absolute Gasteiger partial charge is 0.394 e. The van der Waals surface area contributed by atoms with Gasteiger partial charge in [-0.15, -0.1) is 11.6 Å². The molecule has 2 aliphatic heterocycles. The van der Waals surface area contributed by atoms with E-state index in [1.54, 1.807) is 9.80 Å². The maximum Gasteiger partial charge on any atom is 0.394 e. The molecule has 6 unspecified atom stereocenters. The first kappa shape index (κ1) is 30.6. The first-order chi connectivity index (χ1) is 20.4. The zero-order chi connectivity index (χ0) is 30.7. The highest BCUT2D eigenvalue weighted by molar-refractivity contribution is 6.22. The number of carbonyl (C=O) groups excluding carboxylic acids is 2. The number of halogens is 5. The van der Waals surface area contributed by atoms with E-state index in [2.05, 4.69) is 5.10 Å². The predicted molar refractivity (Wildman–Crippen MR) is 146 cm³/mol. The monoisotopic (exact) mass is 632 g/mol. The van der Waals surface area contributed by atoms with Crippen LogP contribution in [0.4, 0.5) is 22.4 Å². The molecule has 0 aromatic carbocycles. The summed E-state index contributed by atoms with van der Waals surface area (Å²) in [5.41, 5.74) is -0.607. The molecule has 0 radical (unpaired) electrons. The summed E-state index contributed by atoms with van der Waals surface area (Å²) >= 11 is 6.67. The standard InChI is InChI=1S/C29H37ClF4N4O5/c30-20-3-1-2-19(28(7-8-28)29(32,33)34)23(20)25(39)38-22-15-37(27(42)36-10-12-43-13-11-36)9-6-18(22)24(35-38)17-5-4-16(26(40)41)14-21(17)31/h16-17,19-21,23H,1-15H2,(H,40,41). The Morgan fingerprint density at radius 1 is 1.02 bits per heavy atom. The highest BCUT2D eigenvalue weighted by Gasteiger charge is 2.69. The molecule has 1 saturated heterocycles. The van der Waals surface area contributed by atoms with Crippen molar-refractivity contribution in [3.05, 3.63) is 17.0 Å². The Kier molecular flexibility index (Phi) is 8.19. The number of ether oxygens (including phenoxy) is 1. The van der Waals surface area contributed by atoms with Gasteiger partial charge in [0.15, 0.2) is 0 Å². The number of hydrogen-bond acceptors (Lipinski definition) is 5. The number of fused-ring (bicyclic) bond motifs is 1. The van der Waals surface area contributed by atoms with Gasteiger partial charge in [-0.1, -0.05) is 6.42 Å². The summed E-state index contributed by atoms with van der Waals surface area (Å²) in [4.78, 5) is 42.5. The Hall–Kier alpha value is -2.41. The summed E-state index contributed by atoms with van der Waals surface area (Å²) in [6.07, 6.45) is -4.38. The lowest BCUT2D eigenvalue weighted by Crippen LogP contribution is -2.50. The molecule has 6 atom stereocenters. The number of carboxylic acids is 1. The predicted octanol–water partition coefficient (Wildman–Crippen LogP) is 5.01. The summed E-state index contributed by atoms with van der Waals surface area (Å²) in [6, 6.07) is -0.235. The number of alkyl halides is 5. The molecule has 9 nitrogen and oxygen atoms in total. The van der Waals surface area contributed by atoms with E-state index in [1.807, 2.05) is 0 Å². The first-order valence-corrected chi connectivity index (χ1v) is 15.7. The number of aromatic nitrogens is 2.